The van der Waals surface area contributed by atoms with Gasteiger partial charge >= 0.3 is 6.16 Å². The Morgan fingerprint density at radius 3 is 2.66 bits per heavy atom. The summed E-state index contributed by atoms with van der Waals surface area (Å²) in [6, 6.07) is 13.5. The molecule has 2 aliphatic heterocycles. The number of amides is 1. The molecule has 1 saturated heterocycles. The predicted octanol–water partition coefficient (Wildman–Crippen LogP) is 4.61. The van der Waals surface area contributed by atoms with Crippen LogP contribution in [0.2, 0.25) is 0 Å². The van der Waals surface area contributed by atoms with Gasteiger partial charge in [-0.25, -0.2) is 15.2 Å². The van der Waals surface area contributed by atoms with E-state index >= 15 is 0 Å². The molecule has 5 rings (SSSR count). The molecule has 0 bridgehead atoms. The first-order chi connectivity index (χ1) is 19.7. The molecule has 1 atom stereocenters. The van der Waals surface area contributed by atoms with Crippen LogP contribution in [0.25, 0.3) is 22.6 Å². The summed E-state index contributed by atoms with van der Waals surface area (Å²) in [6.07, 6.45) is 0.588. The number of hydrogen-bond donors (Lipinski definition) is 1. The minimum absolute atomic E-state index is 0.0572. The molecule has 0 saturated carbocycles. The molecule has 1 amide bonds. The third-order valence-electron chi connectivity index (χ3n) is 6.98. The lowest BCUT2D eigenvalue weighted by molar-refractivity contribution is -0.158. The number of aromatic nitrogens is 1. The maximum absolute atomic E-state index is 11.9. The van der Waals surface area contributed by atoms with Gasteiger partial charge in [0, 0.05) is 56.2 Å². The fraction of sp³-hybridized carbons (Fsp3) is 0.467. The average molecular weight is 564 g/mol. The molecule has 11 nitrogen and oxygen atoms in total. The van der Waals surface area contributed by atoms with Gasteiger partial charge in [0.1, 0.15) is 23.5 Å². The molecule has 2 aromatic carbocycles. The molecule has 218 valence electrons. The Morgan fingerprint density at radius 2 is 1.90 bits per heavy atom. The lowest BCUT2D eigenvalue weighted by atomic mass is 9.90. The Hall–Kier alpha value is -3.96. The van der Waals surface area contributed by atoms with E-state index in [2.05, 4.69) is 27.3 Å². The highest BCUT2D eigenvalue weighted by Gasteiger charge is 2.25. The fourth-order valence-corrected chi connectivity index (χ4v) is 4.86. The van der Waals surface area contributed by atoms with Crippen molar-refractivity contribution in [1.29, 1.82) is 0 Å². The zero-order valence-electron chi connectivity index (χ0n) is 24.0. The predicted molar refractivity (Wildman–Crippen MR) is 153 cm³/mol. The largest absolute Gasteiger partial charge is 0.528 e. The van der Waals surface area contributed by atoms with E-state index in [-0.39, 0.29) is 11.8 Å². The van der Waals surface area contributed by atoms with Crippen molar-refractivity contribution in [2.75, 3.05) is 39.3 Å². The molecule has 1 fully saturated rings. The van der Waals surface area contributed by atoms with E-state index < -0.39 is 11.8 Å². The molecule has 1 unspecified atom stereocenters. The highest BCUT2D eigenvalue weighted by atomic mass is 16.8. The second kappa shape index (κ2) is 12.3. The molecule has 0 spiro atoms. The van der Waals surface area contributed by atoms with Crippen LogP contribution in [-0.2, 0) is 14.4 Å². The van der Waals surface area contributed by atoms with Crippen molar-refractivity contribution in [1.82, 2.24) is 20.4 Å². The van der Waals surface area contributed by atoms with Crippen molar-refractivity contribution < 1.29 is 28.3 Å². The molecule has 2 aliphatic rings. The second-order valence-corrected chi connectivity index (χ2v) is 11.2. The van der Waals surface area contributed by atoms with E-state index in [0.29, 0.717) is 37.6 Å². The average Bonchev–Trinajstić information content (AvgIpc) is 3.37. The maximum Gasteiger partial charge on any atom is 0.528 e. The van der Waals surface area contributed by atoms with Crippen LogP contribution >= 0.6 is 0 Å². The number of carbonyl (C=O) groups excluding carboxylic acids is 2. The van der Waals surface area contributed by atoms with Crippen molar-refractivity contribution in [2.45, 2.75) is 46.1 Å². The number of nitrogens with one attached hydrogen (secondary N) is 1. The SMILES string of the molecule is CCC1CC(=O)NN=C1c1ccc2nc(-c3cccc(OCCN4CCN(OC(=O)OC(C)(C)C)CC4)c3)oc2c1. The van der Waals surface area contributed by atoms with Crippen molar-refractivity contribution >= 4 is 28.9 Å². The number of fused-ring (bicyclic) bond motifs is 1. The van der Waals surface area contributed by atoms with Crippen LogP contribution in [0.3, 0.4) is 0 Å². The molecule has 3 heterocycles. The number of piperazine rings is 1. The number of benzene rings is 2. The topological polar surface area (TPSA) is 119 Å². The minimum atomic E-state index is -0.674. The molecule has 3 aromatic rings. The van der Waals surface area contributed by atoms with Crippen LogP contribution in [0.5, 0.6) is 5.75 Å². The summed E-state index contributed by atoms with van der Waals surface area (Å²) < 4.78 is 17.4. The first kappa shape index (κ1) is 28.6. The smallest absolute Gasteiger partial charge is 0.492 e. The van der Waals surface area contributed by atoms with Crippen molar-refractivity contribution in [3.05, 3.63) is 48.0 Å². The van der Waals surface area contributed by atoms with Gasteiger partial charge in [-0.15, -0.1) is 5.06 Å². The molecule has 1 aromatic heterocycles. The number of hydrogen-bond acceptors (Lipinski definition) is 10. The van der Waals surface area contributed by atoms with E-state index in [9.17, 15) is 9.59 Å². The van der Waals surface area contributed by atoms with Gasteiger partial charge in [-0.2, -0.15) is 5.10 Å². The lowest BCUT2D eigenvalue weighted by Crippen LogP contribution is -2.48. The van der Waals surface area contributed by atoms with Gasteiger partial charge in [0.2, 0.25) is 11.8 Å². The molecule has 11 heteroatoms. The molecule has 1 N–H and O–H groups in total. The molecular formula is C30H37N5O6. The zero-order chi connectivity index (χ0) is 29.0. The molecule has 41 heavy (non-hydrogen) atoms. The number of oxazole rings is 1. The summed E-state index contributed by atoms with van der Waals surface area (Å²) >= 11 is 0. The second-order valence-electron chi connectivity index (χ2n) is 11.2. The summed E-state index contributed by atoms with van der Waals surface area (Å²) in [4.78, 5) is 35.9. The molecule has 0 radical (unpaired) electrons. The summed E-state index contributed by atoms with van der Waals surface area (Å²) in [5, 5.41) is 5.95. The van der Waals surface area contributed by atoms with Crippen LogP contribution in [-0.4, -0.2) is 77.7 Å². The Bertz CT molecular complexity index is 1420. The number of carbonyl (C=O) groups is 2. The van der Waals surface area contributed by atoms with Crippen molar-refractivity contribution in [3.63, 3.8) is 0 Å². The normalized spacial score (nSPS) is 18.6. The van der Waals surface area contributed by atoms with Gasteiger partial charge in [-0.1, -0.05) is 19.1 Å². The summed E-state index contributed by atoms with van der Waals surface area (Å²) in [7, 11) is 0. The third kappa shape index (κ3) is 7.42. The van der Waals surface area contributed by atoms with Crippen LogP contribution in [0.1, 0.15) is 46.1 Å². The van der Waals surface area contributed by atoms with Gasteiger partial charge in [-0.3, -0.25) is 9.69 Å². The quantitative estimate of drug-likeness (QED) is 0.392. The van der Waals surface area contributed by atoms with Crippen LogP contribution in [0.15, 0.2) is 52.0 Å². The molecular weight excluding hydrogens is 526 g/mol. The highest BCUT2D eigenvalue weighted by molar-refractivity contribution is 6.07. The van der Waals surface area contributed by atoms with Crippen LogP contribution < -0.4 is 10.2 Å². The summed E-state index contributed by atoms with van der Waals surface area (Å²) in [5.41, 5.74) is 6.02. The third-order valence-corrected chi connectivity index (χ3v) is 6.98. The number of hydrazone groups is 1. The minimum Gasteiger partial charge on any atom is -0.492 e. The monoisotopic (exact) mass is 563 g/mol. The Balaban J connectivity index is 1.15. The maximum atomic E-state index is 11.9. The van der Waals surface area contributed by atoms with Gasteiger partial charge in [-0.05, 0) is 57.5 Å². The number of hydroxylamine groups is 2. The summed E-state index contributed by atoms with van der Waals surface area (Å²) in [6.45, 7) is 11.5. The van der Waals surface area contributed by atoms with Gasteiger partial charge in [0.05, 0.1) is 5.71 Å². The number of rotatable bonds is 8. The van der Waals surface area contributed by atoms with Crippen LogP contribution in [0, 0.1) is 5.92 Å². The Kier molecular flexibility index (Phi) is 8.55. The number of ether oxygens (including phenoxy) is 2. The van der Waals surface area contributed by atoms with Gasteiger partial charge in [0.25, 0.3) is 0 Å². The molecule has 0 aliphatic carbocycles. The summed E-state index contributed by atoms with van der Waals surface area (Å²) in [5.74, 6) is 1.26. The van der Waals surface area contributed by atoms with Gasteiger partial charge < -0.3 is 18.7 Å². The zero-order valence-corrected chi connectivity index (χ0v) is 24.0. The van der Waals surface area contributed by atoms with Crippen LogP contribution in [0.4, 0.5) is 4.79 Å². The first-order valence-electron chi connectivity index (χ1n) is 14.1. The first-order valence-corrected chi connectivity index (χ1v) is 14.1. The van der Waals surface area contributed by atoms with E-state index in [4.69, 9.17) is 18.7 Å². The Morgan fingerprint density at radius 1 is 1.10 bits per heavy atom. The Labute approximate surface area is 239 Å². The van der Waals surface area contributed by atoms with Gasteiger partial charge in [0.15, 0.2) is 5.58 Å². The van der Waals surface area contributed by atoms with E-state index in [0.717, 1.165) is 54.2 Å². The highest BCUT2D eigenvalue weighted by Crippen LogP contribution is 2.29. The van der Waals surface area contributed by atoms with E-state index in [1.807, 2.05) is 63.2 Å². The van der Waals surface area contributed by atoms with E-state index in [1.54, 1.807) is 5.06 Å². The van der Waals surface area contributed by atoms with E-state index in [1.165, 1.54) is 0 Å². The number of nitrogens with zero attached hydrogens (tertiary/aromatic N) is 4. The van der Waals surface area contributed by atoms with Crippen molar-refractivity contribution in [2.24, 2.45) is 11.0 Å². The van der Waals surface area contributed by atoms with Crippen molar-refractivity contribution in [3.8, 4) is 17.2 Å². The standard InChI is InChI=1S/C30H37N5O6/c1-5-20-19-26(36)32-33-27(20)21-9-10-24-25(18-21)39-28(31-24)22-7-6-8-23(17-22)38-16-15-34-11-13-35(14-12-34)41-29(37)40-30(2,3)4/h6-10,17-18,20H,5,11-16,19H2,1-4H3,(H,32,36). The lowest BCUT2D eigenvalue weighted by Gasteiger charge is -2.33. The fourth-order valence-electron chi connectivity index (χ4n) is 4.86.